The Kier molecular flexibility index (Phi) is 1.77. The van der Waals surface area contributed by atoms with Crippen molar-refractivity contribution >= 4 is 17.0 Å². The summed E-state index contributed by atoms with van der Waals surface area (Å²) >= 11 is 0. The van der Waals surface area contributed by atoms with Gasteiger partial charge in [-0.3, -0.25) is 0 Å². The summed E-state index contributed by atoms with van der Waals surface area (Å²) in [5, 5.41) is 6.75. The molecular formula is C12H13FN4. The monoisotopic (exact) mass is 232 g/mol. The van der Waals surface area contributed by atoms with E-state index in [1.165, 1.54) is 12.1 Å². The second kappa shape index (κ2) is 3.20. The van der Waals surface area contributed by atoms with Gasteiger partial charge in [-0.25, -0.2) is 9.37 Å². The summed E-state index contributed by atoms with van der Waals surface area (Å²) in [6.07, 6.45) is 0. The maximum absolute atomic E-state index is 13.0. The maximum atomic E-state index is 13.0. The third-order valence-corrected chi connectivity index (χ3v) is 3.84. The van der Waals surface area contributed by atoms with Crippen LogP contribution in [-0.4, -0.2) is 29.1 Å². The molecule has 2 heterocycles. The molecule has 2 aromatic rings. The first-order chi connectivity index (χ1) is 8.31. The summed E-state index contributed by atoms with van der Waals surface area (Å²) in [4.78, 5) is 7.52. The standard InChI is InChI=1S/C12H13FN4/c13-6-1-2-9-10(3-6)16-12(15-9)17-11-7-4-14-5-8(7)11/h1-3,7-8,11,14H,4-5H2,(H2,15,16,17). The summed E-state index contributed by atoms with van der Waals surface area (Å²) in [5.41, 5.74) is 1.55. The number of imidazole rings is 1. The van der Waals surface area contributed by atoms with Crippen molar-refractivity contribution in [2.24, 2.45) is 11.8 Å². The quantitative estimate of drug-likeness (QED) is 0.732. The highest BCUT2D eigenvalue weighted by atomic mass is 19.1. The number of anilines is 1. The van der Waals surface area contributed by atoms with Crippen LogP contribution in [0.3, 0.4) is 0 Å². The molecule has 1 aromatic heterocycles. The van der Waals surface area contributed by atoms with Gasteiger partial charge >= 0.3 is 0 Å². The van der Waals surface area contributed by atoms with Gasteiger partial charge in [0.25, 0.3) is 0 Å². The first-order valence-electron chi connectivity index (χ1n) is 5.94. The van der Waals surface area contributed by atoms with Gasteiger partial charge in [-0.2, -0.15) is 0 Å². The van der Waals surface area contributed by atoms with E-state index in [9.17, 15) is 4.39 Å². The van der Waals surface area contributed by atoms with Crippen molar-refractivity contribution in [1.29, 1.82) is 0 Å². The van der Waals surface area contributed by atoms with Gasteiger partial charge in [-0.1, -0.05) is 0 Å². The zero-order valence-electron chi connectivity index (χ0n) is 9.20. The molecular weight excluding hydrogens is 219 g/mol. The Morgan fingerprint density at radius 3 is 2.94 bits per heavy atom. The molecule has 0 amide bonds. The zero-order valence-corrected chi connectivity index (χ0v) is 9.20. The minimum absolute atomic E-state index is 0.236. The smallest absolute Gasteiger partial charge is 0.201 e. The van der Waals surface area contributed by atoms with Crippen molar-refractivity contribution in [1.82, 2.24) is 15.3 Å². The largest absolute Gasteiger partial charge is 0.352 e. The number of halogens is 1. The number of aromatic nitrogens is 2. The van der Waals surface area contributed by atoms with Crippen molar-refractivity contribution in [2.75, 3.05) is 18.4 Å². The Labute approximate surface area is 97.6 Å². The summed E-state index contributed by atoms with van der Waals surface area (Å²) in [7, 11) is 0. The molecule has 1 saturated heterocycles. The van der Waals surface area contributed by atoms with Gasteiger partial charge in [0.1, 0.15) is 5.82 Å². The Morgan fingerprint density at radius 1 is 1.29 bits per heavy atom. The normalized spacial score (nSPS) is 30.5. The highest BCUT2D eigenvalue weighted by molar-refractivity contribution is 5.77. The molecule has 2 atom stereocenters. The molecule has 2 aliphatic rings. The van der Waals surface area contributed by atoms with Gasteiger partial charge in [0.2, 0.25) is 5.95 Å². The van der Waals surface area contributed by atoms with Crippen LogP contribution in [0.25, 0.3) is 11.0 Å². The molecule has 2 unspecified atom stereocenters. The molecule has 0 spiro atoms. The zero-order chi connectivity index (χ0) is 11.4. The van der Waals surface area contributed by atoms with Crippen LogP contribution in [0.5, 0.6) is 0 Å². The van der Waals surface area contributed by atoms with Crippen LogP contribution in [-0.2, 0) is 0 Å². The number of rotatable bonds is 2. The number of piperidine rings is 1. The third-order valence-electron chi connectivity index (χ3n) is 3.84. The van der Waals surface area contributed by atoms with Crippen molar-refractivity contribution in [3.05, 3.63) is 24.0 Å². The number of benzene rings is 1. The van der Waals surface area contributed by atoms with E-state index in [1.807, 2.05) is 0 Å². The number of nitrogens with one attached hydrogen (secondary N) is 3. The summed E-state index contributed by atoms with van der Waals surface area (Å²) in [6.45, 7) is 2.19. The van der Waals surface area contributed by atoms with Crippen LogP contribution in [0.4, 0.5) is 10.3 Å². The van der Waals surface area contributed by atoms with E-state index in [-0.39, 0.29) is 5.82 Å². The van der Waals surface area contributed by atoms with Crippen molar-refractivity contribution in [2.45, 2.75) is 6.04 Å². The number of hydrogen-bond acceptors (Lipinski definition) is 3. The topological polar surface area (TPSA) is 52.7 Å². The number of hydrogen-bond donors (Lipinski definition) is 3. The molecule has 1 aliphatic heterocycles. The molecule has 1 aliphatic carbocycles. The molecule has 2 fully saturated rings. The predicted octanol–water partition coefficient (Wildman–Crippen LogP) is 1.33. The SMILES string of the molecule is Fc1ccc2nc(NC3C4CNCC43)[nH]c2c1. The Bertz CT molecular complexity index is 569. The van der Waals surface area contributed by atoms with E-state index >= 15 is 0 Å². The van der Waals surface area contributed by atoms with E-state index in [1.54, 1.807) is 6.07 Å². The van der Waals surface area contributed by atoms with Gasteiger partial charge in [0.15, 0.2) is 0 Å². The predicted molar refractivity (Wildman–Crippen MR) is 63.3 cm³/mol. The molecule has 3 N–H and O–H groups in total. The third kappa shape index (κ3) is 1.42. The fraction of sp³-hybridized carbons (Fsp3) is 0.417. The fourth-order valence-corrected chi connectivity index (χ4v) is 2.84. The molecule has 1 aromatic carbocycles. The van der Waals surface area contributed by atoms with Crippen LogP contribution in [0.2, 0.25) is 0 Å². The average Bonchev–Trinajstić information content (AvgIpc) is 2.71. The summed E-state index contributed by atoms with van der Waals surface area (Å²) in [6, 6.07) is 5.13. The molecule has 0 bridgehead atoms. The maximum Gasteiger partial charge on any atom is 0.201 e. The van der Waals surface area contributed by atoms with Crippen molar-refractivity contribution in [3.8, 4) is 0 Å². The van der Waals surface area contributed by atoms with E-state index in [2.05, 4.69) is 20.6 Å². The summed E-state index contributed by atoms with van der Waals surface area (Å²) < 4.78 is 13.0. The van der Waals surface area contributed by atoms with Crippen LogP contribution in [0.15, 0.2) is 18.2 Å². The molecule has 1 saturated carbocycles. The van der Waals surface area contributed by atoms with Crippen LogP contribution >= 0.6 is 0 Å². The first kappa shape index (κ1) is 9.41. The van der Waals surface area contributed by atoms with Gasteiger partial charge in [0, 0.05) is 19.1 Å². The highest BCUT2D eigenvalue weighted by Crippen LogP contribution is 2.43. The number of fused-ring (bicyclic) bond motifs is 2. The second-order valence-corrected chi connectivity index (χ2v) is 4.90. The van der Waals surface area contributed by atoms with Gasteiger partial charge in [-0.15, -0.1) is 0 Å². The van der Waals surface area contributed by atoms with Crippen LogP contribution in [0, 0.1) is 17.7 Å². The lowest BCUT2D eigenvalue weighted by molar-refractivity contribution is 0.629. The number of aromatic amines is 1. The fourth-order valence-electron chi connectivity index (χ4n) is 2.84. The summed E-state index contributed by atoms with van der Waals surface area (Å²) in [5.74, 6) is 1.99. The van der Waals surface area contributed by atoms with E-state index in [4.69, 9.17) is 0 Å². The van der Waals surface area contributed by atoms with Crippen LogP contribution < -0.4 is 10.6 Å². The molecule has 5 heteroatoms. The molecule has 4 rings (SSSR count). The van der Waals surface area contributed by atoms with Crippen LogP contribution in [0.1, 0.15) is 0 Å². The second-order valence-electron chi connectivity index (χ2n) is 4.90. The van der Waals surface area contributed by atoms with E-state index < -0.39 is 0 Å². The minimum atomic E-state index is -0.236. The highest BCUT2D eigenvalue weighted by Gasteiger charge is 2.53. The number of H-pyrrole nitrogens is 1. The van der Waals surface area contributed by atoms with Gasteiger partial charge in [0.05, 0.1) is 11.0 Å². The molecule has 0 radical (unpaired) electrons. The lowest BCUT2D eigenvalue weighted by atomic mass is 10.3. The van der Waals surface area contributed by atoms with E-state index in [0.29, 0.717) is 6.04 Å². The van der Waals surface area contributed by atoms with E-state index in [0.717, 1.165) is 41.9 Å². The van der Waals surface area contributed by atoms with Crippen molar-refractivity contribution in [3.63, 3.8) is 0 Å². The molecule has 17 heavy (non-hydrogen) atoms. The molecule has 88 valence electrons. The van der Waals surface area contributed by atoms with Gasteiger partial charge < -0.3 is 15.6 Å². The lowest BCUT2D eigenvalue weighted by Gasteiger charge is -2.04. The lowest BCUT2D eigenvalue weighted by Crippen LogP contribution is -2.21. The average molecular weight is 232 g/mol. The van der Waals surface area contributed by atoms with Crippen molar-refractivity contribution < 1.29 is 4.39 Å². The number of nitrogens with zero attached hydrogens (tertiary/aromatic N) is 1. The first-order valence-corrected chi connectivity index (χ1v) is 5.94. The molecule has 4 nitrogen and oxygen atoms in total. The Hall–Kier alpha value is -1.62. The minimum Gasteiger partial charge on any atom is -0.352 e. The Balaban J connectivity index is 1.59. The Morgan fingerprint density at radius 2 is 2.12 bits per heavy atom. The van der Waals surface area contributed by atoms with Gasteiger partial charge in [-0.05, 0) is 30.0 Å².